The van der Waals surface area contributed by atoms with Crippen LogP contribution in [0.3, 0.4) is 0 Å². The van der Waals surface area contributed by atoms with Crippen LogP contribution in [0.25, 0.3) is 11.5 Å². The van der Waals surface area contributed by atoms with Gasteiger partial charge >= 0.3 is 0 Å². The molecular weight excluding hydrogens is 308 g/mol. The predicted molar refractivity (Wildman–Crippen MR) is 100 cm³/mol. The van der Waals surface area contributed by atoms with Crippen molar-refractivity contribution < 1.29 is 0 Å². The molecule has 0 saturated heterocycles. The Morgan fingerprint density at radius 2 is 1.76 bits per heavy atom. The predicted octanol–water partition coefficient (Wildman–Crippen LogP) is 5.05. The molecule has 4 heteroatoms. The third kappa shape index (κ3) is 2.90. The fourth-order valence-corrected chi connectivity index (χ4v) is 5.23. The molecule has 0 unspecified atom stereocenters. The normalized spacial score (nSPS) is 28.4. The fraction of sp³-hybridized carbons (Fsp3) is 0.667. The molecule has 0 N–H and O–H groups in total. The maximum Gasteiger partial charge on any atom is 0.182 e. The average molecular weight is 338 g/mol. The molecule has 3 aliphatic rings. The van der Waals surface area contributed by atoms with Crippen molar-refractivity contribution in [3.63, 3.8) is 0 Å². The Labute approximate surface area is 151 Å². The summed E-state index contributed by atoms with van der Waals surface area (Å²) in [5, 5.41) is 9.15. The molecule has 2 aromatic rings. The van der Waals surface area contributed by atoms with Crippen LogP contribution in [-0.4, -0.2) is 19.7 Å². The lowest BCUT2D eigenvalue weighted by molar-refractivity contribution is 0.0250. The molecule has 5 rings (SSSR count). The number of nitrogens with zero attached hydrogens (tertiary/aromatic N) is 4. The van der Waals surface area contributed by atoms with Gasteiger partial charge in [0.05, 0.1) is 0 Å². The van der Waals surface area contributed by atoms with Crippen molar-refractivity contribution in [1.82, 2.24) is 19.7 Å². The first-order valence-electron chi connectivity index (χ1n) is 9.99. The van der Waals surface area contributed by atoms with Crippen molar-refractivity contribution in [3.05, 3.63) is 30.2 Å². The summed E-state index contributed by atoms with van der Waals surface area (Å²) in [6.07, 6.45) is 15.4. The minimum Gasteiger partial charge on any atom is -0.312 e. The van der Waals surface area contributed by atoms with E-state index in [4.69, 9.17) is 0 Å². The Balaban J connectivity index is 1.54. The number of hydrogen-bond acceptors (Lipinski definition) is 3. The van der Waals surface area contributed by atoms with Gasteiger partial charge in [0, 0.05) is 18.7 Å². The Morgan fingerprint density at radius 1 is 1.00 bits per heavy atom. The minimum atomic E-state index is 0.251. The standard InChI is InChI=1S/C21H30N4/c1-3-4-6-9-20-10-13-21(14-11-20,15-12-20)19-24-23-18(25(19)2)17-8-5-7-16-22-17/h5,7-8,16H,3-4,6,9-15H2,1-2H3. The molecule has 2 bridgehead atoms. The zero-order valence-corrected chi connectivity index (χ0v) is 15.7. The summed E-state index contributed by atoms with van der Waals surface area (Å²) in [5.74, 6) is 2.09. The van der Waals surface area contributed by atoms with Gasteiger partial charge in [-0.3, -0.25) is 4.98 Å². The maximum absolute atomic E-state index is 4.65. The van der Waals surface area contributed by atoms with Crippen LogP contribution in [0.5, 0.6) is 0 Å². The van der Waals surface area contributed by atoms with E-state index >= 15 is 0 Å². The molecule has 3 aliphatic carbocycles. The van der Waals surface area contributed by atoms with Gasteiger partial charge in [-0.1, -0.05) is 32.3 Å². The van der Waals surface area contributed by atoms with E-state index in [1.807, 2.05) is 24.4 Å². The van der Waals surface area contributed by atoms with Crippen molar-refractivity contribution >= 4 is 0 Å². The molecule has 4 nitrogen and oxygen atoms in total. The quantitative estimate of drug-likeness (QED) is 0.692. The van der Waals surface area contributed by atoms with Crippen molar-refractivity contribution in [3.8, 4) is 11.5 Å². The van der Waals surface area contributed by atoms with Gasteiger partial charge in [0.25, 0.3) is 0 Å². The minimum absolute atomic E-state index is 0.251. The molecule has 3 saturated carbocycles. The molecule has 0 atom stereocenters. The fourth-order valence-electron chi connectivity index (χ4n) is 5.23. The van der Waals surface area contributed by atoms with Crippen molar-refractivity contribution in [1.29, 1.82) is 0 Å². The van der Waals surface area contributed by atoms with E-state index in [1.165, 1.54) is 70.0 Å². The first-order chi connectivity index (χ1) is 12.2. The summed E-state index contributed by atoms with van der Waals surface area (Å²) in [4.78, 5) is 4.46. The van der Waals surface area contributed by atoms with Gasteiger partial charge in [-0.2, -0.15) is 0 Å². The molecule has 0 amide bonds. The Hall–Kier alpha value is -1.71. The number of hydrogen-bond donors (Lipinski definition) is 0. The first kappa shape index (κ1) is 16.7. The maximum atomic E-state index is 4.65. The van der Waals surface area contributed by atoms with Crippen LogP contribution in [0.1, 0.15) is 77.0 Å². The molecule has 0 radical (unpaired) electrons. The van der Waals surface area contributed by atoms with E-state index in [1.54, 1.807) is 0 Å². The van der Waals surface area contributed by atoms with Gasteiger partial charge in [-0.15, -0.1) is 10.2 Å². The van der Waals surface area contributed by atoms with E-state index < -0.39 is 0 Å². The summed E-state index contributed by atoms with van der Waals surface area (Å²) < 4.78 is 2.21. The van der Waals surface area contributed by atoms with E-state index in [2.05, 4.69) is 33.7 Å². The highest BCUT2D eigenvalue weighted by Crippen LogP contribution is 2.59. The number of fused-ring (bicyclic) bond motifs is 3. The average Bonchev–Trinajstić information content (AvgIpc) is 3.06. The van der Waals surface area contributed by atoms with Gasteiger partial charge in [0.2, 0.25) is 0 Å². The molecule has 134 valence electrons. The van der Waals surface area contributed by atoms with Gasteiger partial charge in [0.15, 0.2) is 5.82 Å². The van der Waals surface area contributed by atoms with E-state index in [-0.39, 0.29) is 5.41 Å². The third-order valence-corrected chi connectivity index (χ3v) is 6.96. The van der Waals surface area contributed by atoms with E-state index in [0.717, 1.165) is 11.5 Å². The van der Waals surface area contributed by atoms with Gasteiger partial charge < -0.3 is 4.57 Å². The second-order valence-corrected chi connectivity index (χ2v) is 8.36. The molecule has 0 spiro atoms. The van der Waals surface area contributed by atoms with Gasteiger partial charge in [-0.25, -0.2) is 0 Å². The lowest BCUT2D eigenvalue weighted by Crippen LogP contribution is -2.45. The van der Waals surface area contributed by atoms with E-state index in [9.17, 15) is 0 Å². The Morgan fingerprint density at radius 3 is 2.40 bits per heavy atom. The van der Waals surface area contributed by atoms with Crippen molar-refractivity contribution in [2.75, 3.05) is 0 Å². The summed E-state index contributed by atoms with van der Waals surface area (Å²) >= 11 is 0. The molecule has 2 heterocycles. The monoisotopic (exact) mass is 338 g/mol. The zero-order valence-electron chi connectivity index (χ0n) is 15.7. The smallest absolute Gasteiger partial charge is 0.182 e. The molecule has 0 aromatic carbocycles. The summed E-state index contributed by atoms with van der Waals surface area (Å²) in [7, 11) is 2.12. The Bertz CT molecular complexity index is 694. The summed E-state index contributed by atoms with van der Waals surface area (Å²) in [6.45, 7) is 2.30. The lowest BCUT2D eigenvalue weighted by atomic mass is 9.52. The second kappa shape index (κ2) is 6.54. The van der Waals surface area contributed by atoms with Crippen LogP contribution < -0.4 is 0 Å². The number of rotatable bonds is 6. The SMILES string of the molecule is CCCCCC12CCC(c3nnc(-c4ccccn4)n3C)(CC1)CC2. The zero-order chi connectivity index (χ0) is 17.3. The Kier molecular flexibility index (Phi) is 4.38. The van der Waals surface area contributed by atoms with E-state index in [0.29, 0.717) is 5.41 Å². The third-order valence-electron chi connectivity index (χ3n) is 6.96. The summed E-state index contributed by atoms with van der Waals surface area (Å²) in [5.41, 5.74) is 1.81. The van der Waals surface area contributed by atoms with Crippen LogP contribution in [-0.2, 0) is 12.5 Å². The highest BCUT2D eigenvalue weighted by molar-refractivity contribution is 5.49. The highest BCUT2D eigenvalue weighted by atomic mass is 15.3. The largest absolute Gasteiger partial charge is 0.312 e. The van der Waals surface area contributed by atoms with Gasteiger partial charge in [0.1, 0.15) is 11.5 Å². The lowest BCUT2D eigenvalue weighted by Gasteiger charge is -2.53. The molecular formula is C21H30N4. The molecule has 3 fully saturated rings. The molecule has 2 aromatic heterocycles. The van der Waals surface area contributed by atoms with Crippen molar-refractivity contribution in [2.45, 2.75) is 76.5 Å². The van der Waals surface area contributed by atoms with Crippen LogP contribution in [0.15, 0.2) is 24.4 Å². The van der Waals surface area contributed by atoms with Crippen molar-refractivity contribution in [2.24, 2.45) is 12.5 Å². The topological polar surface area (TPSA) is 43.6 Å². The first-order valence-corrected chi connectivity index (χ1v) is 9.99. The van der Waals surface area contributed by atoms with Crippen LogP contribution in [0.4, 0.5) is 0 Å². The van der Waals surface area contributed by atoms with Crippen LogP contribution in [0.2, 0.25) is 0 Å². The van der Waals surface area contributed by atoms with Crippen LogP contribution in [0, 0.1) is 5.41 Å². The second-order valence-electron chi connectivity index (χ2n) is 8.36. The number of aromatic nitrogens is 4. The number of unbranched alkanes of at least 4 members (excludes halogenated alkanes) is 2. The molecule has 0 aliphatic heterocycles. The van der Waals surface area contributed by atoms with Crippen LogP contribution >= 0.6 is 0 Å². The highest BCUT2D eigenvalue weighted by Gasteiger charge is 2.51. The van der Waals surface area contributed by atoms with Gasteiger partial charge in [-0.05, 0) is 62.5 Å². The molecule has 25 heavy (non-hydrogen) atoms. The number of pyridine rings is 1. The summed E-state index contributed by atoms with van der Waals surface area (Å²) in [6, 6.07) is 5.98.